The summed E-state index contributed by atoms with van der Waals surface area (Å²) in [5, 5.41) is 3.42. The second kappa shape index (κ2) is 6.55. The maximum atomic E-state index is 3.55. The Kier molecular flexibility index (Phi) is 5.30. The van der Waals surface area contributed by atoms with Gasteiger partial charge in [-0.05, 0) is 61.7 Å². The maximum Gasteiger partial charge on any atom is 0.0632 e. The van der Waals surface area contributed by atoms with Crippen molar-refractivity contribution in [3.05, 3.63) is 59.9 Å². The van der Waals surface area contributed by atoms with E-state index >= 15 is 0 Å². The summed E-state index contributed by atoms with van der Waals surface area (Å²) >= 11 is 14.0. The van der Waals surface area contributed by atoms with Gasteiger partial charge in [0, 0.05) is 24.4 Å². The average molecular weight is 499 g/mol. The highest BCUT2D eigenvalue weighted by atomic mass is 79.9. The molecular weight excluding hydrogens is 490 g/mol. The van der Waals surface area contributed by atoms with Gasteiger partial charge in [-0.25, -0.2) is 0 Å². The first-order valence-electron chi connectivity index (χ1n) is 5.19. The van der Waals surface area contributed by atoms with Gasteiger partial charge in [-0.2, -0.15) is 0 Å². The molecule has 0 aromatic heterocycles. The van der Waals surface area contributed by atoms with Crippen LogP contribution in [0.5, 0.6) is 0 Å². The van der Waals surface area contributed by atoms with Crippen LogP contribution in [0.15, 0.2) is 54.3 Å². The first-order valence-corrected chi connectivity index (χ1v) is 8.36. The van der Waals surface area contributed by atoms with Crippen molar-refractivity contribution in [3.8, 4) is 0 Å². The standard InChI is InChI=1S/C13H9Br4N/c14-9-3-1-2-8(4-9)7-18-13-11(16)5-10(15)6-12(13)17/h1-6,18H,7H2. The largest absolute Gasteiger partial charge is 0.379 e. The lowest BCUT2D eigenvalue weighted by atomic mass is 10.2. The molecule has 0 bridgehead atoms. The van der Waals surface area contributed by atoms with Crippen molar-refractivity contribution in [3.63, 3.8) is 0 Å². The second-order valence-corrected chi connectivity index (χ2v) is 7.27. The Bertz CT molecular complexity index is 546. The number of hydrogen-bond donors (Lipinski definition) is 1. The molecule has 0 spiro atoms. The Morgan fingerprint density at radius 2 is 1.50 bits per heavy atom. The van der Waals surface area contributed by atoms with Crippen LogP contribution >= 0.6 is 63.7 Å². The lowest BCUT2D eigenvalue weighted by molar-refractivity contribution is 1.14. The molecule has 18 heavy (non-hydrogen) atoms. The molecule has 5 heteroatoms. The Morgan fingerprint density at radius 3 is 2.11 bits per heavy atom. The van der Waals surface area contributed by atoms with Crippen molar-refractivity contribution in [1.29, 1.82) is 0 Å². The number of benzene rings is 2. The third-order valence-corrected chi connectivity index (χ3v) is 4.57. The maximum absolute atomic E-state index is 3.55. The van der Waals surface area contributed by atoms with Gasteiger partial charge in [-0.1, -0.05) is 44.0 Å². The van der Waals surface area contributed by atoms with Gasteiger partial charge in [-0.3, -0.25) is 0 Å². The molecule has 0 saturated heterocycles. The van der Waals surface area contributed by atoms with Crippen LogP contribution in [0.4, 0.5) is 5.69 Å². The first-order chi connectivity index (χ1) is 8.56. The van der Waals surface area contributed by atoms with Gasteiger partial charge in [0.2, 0.25) is 0 Å². The zero-order chi connectivity index (χ0) is 13.1. The van der Waals surface area contributed by atoms with Crippen LogP contribution in [0.2, 0.25) is 0 Å². The number of rotatable bonds is 3. The van der Waals surface area contributed by atoms with Gasteiger partial charge in [0.05, 0.1) is 5.69 Å². The third kappa shape index (κ3) is 3.83. The Balaban J connectivity index is 2.16. The lowest BCUT2D eigenvalue weighted by Crippen LogP contribution is -2.00. The van der Waals surface area contributed by atoms with Crippen LogP contribution in [-0.2, 0) is 6.54 Å². The minimum Gasteiger partial charge on any atom is -0.379 e. The molecule has 0 atom stereocenters. The van der Waals surface area contributed by atoms with E-state index in [1.807, 2.05) is 24.3 Å². The molecule has 94 valence electrons. The fraction of sp³-hybridized carbons (Fsp3) is 0.0769. The van der Waals surface area contributed by atoms with E-state index in [-0.39, 0.29) is 0 Å². The fourth-order valence-corrected chi connectivity index (χ4v) is 4.53. The van der Waals surface area contributed by atoms with Crippen molar-refractivity contribution < 1.29 is 0 Å². The van der Waals surface area contributed by atoms with E-state index in [9.17, 15) is 0 Å². The summed E-state index contributed by atoms with van der Waals surface area (Å²) in [4.78, 5) is 0. The quantitative estimate of drug-likeness (QED) is 0.520. The molecule has 0 amide bonds. The van der Waals surface area contributed by atoms with Crippen molar-refractivity contribution in [2.75, 3.05) is 5.32 Å². The molecule has 0 aliphatic heterocycles. The molecule has 0 heterocycles. The molecule has 1 N–H and O–H groups in total. The Hall–Kier alpha value is 0.160. The number of halogens is 4. The summed E-state index contributed by atoms with van der Waals surface area (Å²) in [7, 11) is 0. The van der Waals surface area contributed by atoms with Crippen LogP contribution in [0, 0.1) is 0 Å². The predicted octanol–water partition coefficient (Wildman–Crippen LogP) is 6.35. The van der Waals surface area contributed by atoms with E-state index in [1.165, 1.54) is 5.56 Å². The van der Waals surface area contributed by atoms with E-state index in [1.54, 1.807) is 0 Å². The highest BCUT2D eigenvalue weighted by molar-refractivity contribution is 9.11. The minimum absolute atomic E-state index is 0.776. The topological polar surface area (TPSA) is 12.0 Å². The van der Waals surface area contributed by atoms with Gasteiger partial charge >= 0.3 is 0 Å². The van der Waals surface area contributed by atoms with Crippen LogP contribution in [-0.4, -0.2) is 0 Å². The summed E-state index contributed by atoms with van der Waals surface area (Å²) in [6.45, 7) is 0.776. The van der Waals surface area contributed by atoms with E-state index in [0.717, 1.165) is 30.1 Å². The highest BCUT2D eigenvalue weighted by Crippen LogP contribution is 2.34. The zero-order valence-electron chi connectivity index (χ0n) is 9.18. The van der Waals surface area contributed by atoms with Crippen molar-refractivity contribution >= 4 is 69.4 Å². The minimum atomic E-state index is 0.776. The fourth-order valence-electron chi connectivity index (χ4n) is 1.55. The van der Waals surface area contributed by atoms with Crippen LogP contribution in [0.1, 0.15) is 5.56 Å². The van der Waals surface area contributed by atoms with Gasteiger partial charge in [0.25, 0.3) is 0 Å². The van der Waals surface area contributed by atoms with Crippen LogP contribution in [0.25, 0.3) is 0 Å². The van der Waals surface area contributed by atoms with Gasteiger partial charge < -0.3 is 5.32 Å². The summed E-state index contributed by atoms with van der Waals surface area (Å²) in [6, 6.07) is 12.3. The molecule has 2 rings (SSSR count). The second-order valence-electron chi connectivity index (χ2n) is 3.73. The normalized spacial score (nSPS) is 10.4. The predicted molar refractivity (Wildman–Crippen MR) is 91.0 cm³/mol. The van der Waals surface area contributed by atoms with E-state index in [0.29, 0.717) is 0 Å². The molecule has 0 saturated carbocycles. The highest BCUT2D eigenvalue weighted by Gasteiger charge is 2.06. The Morgan fingerprint density at radius 1 is 0.833 bits per heavy atom. The van der Waals surface area contributed by atoms with Crippen molar-refractivity contribution in [2.24, 2.45) is 0 Å². The average Bonchev–Trinajstić information content (AvgIpc) is 2.27. The monoisotopic (exact) mass is 495 g/mol. The van der Waals surface area contributed by atoms with E-state index in [4.69, 9.17) is 0 Å². The van der Waals surface area contributed by atoms with Crippen molar-refractivity contribution in [2.45, 2.75) is 6.54 Å². The van der Waals surface area contributed by atoms with Gasteiger partial charge in [0.1, 0.15) is 0 Å². The zero-order valence-corrected chi connectivity index (χ0v) is 15.5. The van der Waals surface area contributed by atoms with Gasteiger partial charge in [-0.15, -0.1) is 0 Å². The molecule has 1 nitrogen and oxygen atoms in total. The summed E-state index contributed by atoms with van der Waals surface area (Å²) in [6.07, 6.45) is 0. The van der Waals surface area contributed by atoms with Crippen LogP contribution in [0.3, 0.4) is 0 Å². The first kappa shape index (κ1) is 14.6. The van der Waals surface area contributed by atoms with Gasteiger partial charge in [0.15, 0.2) is 0 Å². The molecule has 2 aromatic rings. The van der Waals surface area contributed by atoms with E-state index < -0.39 is 0 Å². The third-order valence-electron chi connectivity index (χ3n) is 2.37. The molecule has 0 aliphatic rings. The summed E-state index contributed by atoms with van der Waals surface area (Å²) in [5.41, 5.74) is 2.28. The van der Waals surface area contributed by atoms with Crippen LogP contribution < -0.4 is 5.32 Å². The Labute approximate surface area is 140 Å². The van der Waals surface area contributed by atoms with Crippen molar-refractivity contribution in [1.82, 2.24) is 0 Å². The smallest absolute Gasteiger partial charge is 0.0632 e. The summed E-state index contributed by atoms with van der Waals surface area (Å²) < 4.78 is 4.18. The SMILES string of the molecule is Brc1cccc(CNc2c(Br)cc(Br)cc2Br)c1. The number of nitrogens with one attached hydrogen (secondary N) is 1. The molecule has 0 unspecified atom stereocenters. The summed E-state index contributed by atoms with van der Waals surface area (Å²) in [5.74, 6) is 0. The molecule has 0 aliphatic carbocycles. The molecule has 2 aromatic carbocycles. The van der Waals surface area contributed by atoms with E-state index in [2.05, 4.69) is 81.2 Å². The molecular formula is C13H9Br4N. The lowest BCUT2D eigenvalue weighted by Gasteiger charge is -2.11. The molecule has 0 radical (unpaired) electrons. The number of anilines is 1. The molecule has 0 fully saturated rings. The number of hydrogen-bond acceptors (Lipinski definition) is 1.